The highest BCUT2D eigenvalue weighted by molar-refractivity contribution is 7.89. The minimum Gasteiger partial charge on any atom is -0.508 e. The largest absolute Gasteiger partial charge is 0.508 e. The summed E-state index contributed by atoms with van der Waals surface area (Å²) in [6.07, 6.45) is 0. The summed E-state index contributed by atoms with van der Waals surface area (Å²) in [6.45, 7) is 2.06. The van der Waals surface area contributed by atoms with E-state index in [-0.39, 0.29) is 5.75 Å². The number of anilines is 2. The van der Waals surface area contributed by atoms with E-state index in [1.807, 2.05) is 61.5 Å². The summed E-state index contributed by atoms with van der Waals surface area (Å²) >= 11 is 0. The Balaban J connectivity index is 1.61. The minimum atomic E-state index is -3.60. The van der Waals surface area contributed by atoms with Crippen molar-refractivity contribution in [1.82, 2.24) is 4.31 Å². The summed E-state index contributed by atoms with van der Waals surface area (Å²) in [4.78, 5) is 4.49. The third-order valence-corrected chi connectivity index (χ3v) is 7.37. The molecule has 1 fully saturated rings. The Morgan fingerprint density at radius 1 is 0.828 bits per heavy atom. The zero-order valence-corrected chi connectivity index (χ0v) is 17.4. The minimum absolute atomic E-state index is 0.225. The number of phenols is 1. The van der Waals surface area contributed by atoms with Crippen molar-refractivity contribution in [2.75, 3.05) is 50.1 Å². The first kappa shape index (κ1) is 19.5. The standard InChI is InChI=1S/C22H25N3O3S/c1-23(2)21-7-3-6-20-19(21)5-4-8-22(20)29(27,28)25-15-13-24(14-16-25)17-9-11-18(26)12-10-17/h3-12,26H,13-16H2,1-2H3. The van der Waals surface area contributed by atoms with Crippen molar-refractivity contribution in [3.05, 3.63) is 60.7 Å². The number of hydrogen-bond acceptors (Lipinski definition) is 5. The normalized spacial score (nSPS) is 15.6. The zero-order valence-electron chi connectivity index (χ0n) is 16.6. The SMILES string of the molecule is CN(C)c1cccc2c(S(=O)(=O)N3CCN(c4ccc(O)cc4)CC3)cccc12. The molecule has 0 radical (unpaired) electrons. The van der Waals surface area contributed by atoms with Crippen molar-refractivity contribution in [3.8, 4) is 5.75 Å². The lowest BCUT2D eigenvalue weighted by atomic mass is 10.1. The first-order chi connectivity index (χ1) is 13.9. The Morgan fingerprint density at radius 3 is 2.10 bits per heavy atom. The number of nitrogens with zero attached hydrogens (tertiary/aromatic N) is 3. The summed E-state index contributed by atoms with van der Waals surface area (Å²) in [5.41, 5.74) is 1.98. The number of sulfonamides is 1. The molecule has 7 heteroatoms. The maximum atomic E-state index is 13.4. The van der Waals surface area contributed by atoms with Crippen LogP contribution in [0.4, 0.5) is 11.4 Å². The van der Waals surface area contributed by atoms with Gasteiger partial charge in [0.15, 0.2) is 0 Å². The van der Waals surface area contributed by atoms with Gasteiger partial charge in [-0.1, -0.05) is 24.3 Å². The average molecular weight is 412 g/mol. The van der Waals surface area contributed by atoms with Crippen LogP contribution >= 0.6 is 0 Å². The molecule has 0 unspecified atom stereocenters. The fourth-order valence-electron chi connectivity index (χ4n) is 3.87. The van der Waals surface area contributed by atoms with Crippen molar-refractivity contribution in [1.29, 1.82) is 0 Å². The van der Waals surface area contributed by atoms with Gasteiger partial charge in [-0.2, -0.15) is 4.31 Å². The molecule has 29 heavy (non-hydrogen) atoms. The highest BCUT2D eigenvalue weighted by atomic mass is 32.2. The van der Waals surface area contributed by atoms with Gasteiger partial charge < -0.3 is 14.9 Å². The van der Waals surface area contributed by atoms with Crippen molar-refractivity contribution in [2.24, 2.45) is 0 Å². The van der Waals surface area contributed by atoms with E-state index in [9.17, 15) is 13.5 Å². The first-order valence-electron chi connectivity index (χ1n) is 9.61. The van der Waals surface area contributed by atoms with E-state index in [0.29, 0.717) is 31.1 Å². The lowest BCUT2D eigenvalue weighted by molar-refractivity contribution is 0.385. The third-order valence-electron chi connectivity index (χ3n) is 5.41. The summed E-state index contributed by atoms with van der Waals surface area (Å²) < 4.78 is 28.4. The topological polar surface area (TPSA) is 64.1 Å². The second kappa shape index (κ2) is 7.57. The van der Waals surface area contributed by atoms with E-state index in [1.54, 1.807) is 22.5 Å². The van der Waals surface area contributed by atoms with Gasteiger partial charge in [0.25, 0.3) is 0 Å². The lowest BCUT2D eigenvalue weighted by Gasteiger charge is -2.35. The van der Waals surface area contributed by atoms with E-state index >= 15 is 0 Å². The van der Waals surface area contributed by atoms with Crippen molar-refractivity contribution in [2.45, 2.75) is 4.90 Å². The highest BCUT2D eigenvalue weighted by Gasteiger charge is 2.30. The van der Waals surface area contributed by atoms with E-state index in [4.69, 9.17) is 0 Å². The van der Waals surface area contributed by atoms with Crippen molar-refractivity contribution in [3.63, 3.8) is 0 Å². The fourth-order valence-corrected chi connectivity index (χ4v) is 5.50. The van der Waals surface area contributed by atoms with E-state index in [0.717, 1.165) is 22.1 Å². The number of benzene rings is 3. The van der Waals surface area contributed by atoms with Gasteiger partial charge in [-0.25, -0.2) is 8.42 Å². The quantitative estimate of drug-likeness (QED) is 0.715. The summed E-state index contributed by atoms with van der Waals surface area (Å²) in [6, 6.07) is 18.3. The number of rotatable bonds is 4. The molecule has 0 bridgehead atoms. The Labute approximate surface area is 171 Å². The Kier molecular flexibility index (Phi) is 5.10. The summed E-state index contributed by atoms with van der Waals surface area (Å²) in [5.74, 6) is 0.225. The van der Waals surface area contributed by atoms with Crippen LogP contribution in [0.15, 0.2) is 65.6 Å². The van der Waals surface area contributed by atoms with E-state index in [1.165, 1.54) is 0 Å². The molecule has 0 amide bonds. The number of phenolic OH excluding ortho intramolecular Hbond substituents is 1. The number of aromatic hydroxyl groups is 1. The predicted molar refractivity (Wildman–Crippen MR) is 117 cm³/mol. The average Bonchev–Trinajstić information content (AvgIpc) is 2.73. The number of piperazine rings is 1. The first-order valence-corrected chi connectivity index (χ1v) is 11.0. The van der Waals surface area contributed by atoms with Crippen LogP contribution < -0.4 is 9.80 Å². The molecule has 0 saturated carbocycles. The van der Waals surface area contributed by atoms with E-state index < -0.39 is 10.0 Å². The van der Waals surface area contributed by atoms with E-state index in [2.05, 4.69) is 4.90 Å². The molecule has 0 spiro atoms. The van der Waals surface area contributed by atoms with Crippen molar-refractivity contribution >= 4 is 32.2 Å². The van der Waals surface area contributed by atoms with Gasteiger partial charge in [0, 0.05) is 62.4 Å². The molecule has 0 aliphatic carbocycles. The van der Waals surface area contributed by atoms with Gasteiger partial charge in [0.05, 0.1) is 4.90 Å². The molecule has 1 aliphatic rings. The van der Waals surface area contributed by atoms with Crippen LogP contribution in [0.2, 0.25) is 0 Å². The zero-order chi connectivity index (χ0) is 20.6. The predicted octanol–water partition coefficient (Wildman–Crippen LogP) is 3.12. The molecular formula is C22H25N3O3S. The van der Waals surface area contributed by atoms with Crippen LogP contribution in [-0.4, -0.2) is 58.1 Å². The monoisotopic (exact) mass is 411 g/mol. The van der Waals surface area contributed by atoms with Crippen LogP contribution in [-0.2, 0) is 10.0 Å². The van der Waals surface area contributed by atoms with Gasteiger partial charge in [-0.05, 0) is 36.4 Å². The molecule has 3 aromatic carbocycles. The second-order valence-corrected chi connectivity index (χ2v) is 9.34. The Morgan fingerprint density at radius 2 is 1.45 bits per heavy atom. The molecule has 1 aliphatic heterocycles. The second-order valence-electron chi connectivity index (χ2n) is 7.43. The van der Waals surface area contributed by atoms with Crippen molar-refractivity contribution < 1.29 is 13.5 Å². The van der Waals surface area contributed by atoms with Crippen LogP contribution in [0, 0.1) is 0 Å². The maximum absolute atomic E-state index is 13.4. The molecule has 1 saturated heterocycles. The molecule has 0 aromatic heterocycles. The van der Waals surface area contributed by atoms with Gasteiger partial charge >= 0.3 is 0 Å². The fraction of sp³-hybridized carbons (Fsp3) is 0.273. The van der Waals surface area contributed by atoms with Gasteiger partial charge in [0.2, 0.25) is 10.0 Å². The summed E-state index contributed by atoms with van der Waals surface area (Å²) in [5, 5.41) is 11.1. The van der Waals surface area contributed by atoms with Gasteiger partial charge in [0.1, 0.15) is 5.75 Å². The Hall–Kier alpha value is -2.77. The molecule has 1 N–H and O–H groups in total. The van der Waals surface area contributed by atoms with Gasteiger partial charge in [-0.15, -0.1) is 0 Å². The van der Waals surface area contributed by atoms with Crippen LogP contribution in [0.5, 0.6) is 5.75 Å². The van der Waals surface area contributed by atoms with Gasteiger partial charge in [-0.3, -0.25) is 0 Å². The molecule has 152 valence electrons. The molecule has 3 aromatic rings. The third kappa shape index (κ3) is 3.63. The maximum Gasteiger partial charge on any atom is 0.243 e. The van der Waals surface area contributed by atoms with Crippen LogP contribution in [0.3, 0.4) is 0 Å². The smallest absolute Gasteiger partial charge is 0.243 e. The molecular weight excluding hydrogens is 386 g/mol. The Bertz CT molecular complexity index is 1120. The summed E-state index contributed by atoms with van der Waals surface area (Å²) in [7, 11) is 0.318. The van der Waals surface area contributed by atoms with Crippen LogP contribution in [0.25, 0.3) is 10.8 Å². The number of fused-ring (bicyclic) bond motifs is 1. The van der Waals surface area contributed by atoms with Crippen LogP contribution in [0.1, 0.15) is 0 Å². The molecule has 1 heterocycles. The lowest BCUT2D eigenvalue weighted by Crippen LogP contribution is -2.48. The number of hydrogen-bond donors (Lipinski definition) is 1. The molecule has 0 atom stereocenters. The highest BCUT2D eigenvalue weighted by Crippen LogP contribution is 2.32. The molecule has 6 nitrogen and oxygen atoms in total. The molecule has 4 rings (SSSR count).